The number of hydrogen-bond donors (Lipinski definition) is 2. The zero-order valence-electron chi connectivity index (χ0n) is 18.5. The molecule has 0 bridgehead atoms. The summed E-state index contributed by atoms with van der Waals surface area (Å²) in [5.41, 5.74) is 4.36. The van der Waals surface area contributed by atoms with Crippen molar-refractivity contribution >= 4 is 5.96 Å². The average molecular weight is 403 g/mol. The summed E-state index contributed by atoms with van der Waals surface area (Å²) in [6, 6.07) is 6.25. The minimum atomic E-state index is 0.263. The van der Waals surface area contributed by atoms with Crippen LogP contribution in [0.3, 0.4) is 0 Å². The lowest BCUT2D eigenvalue weighted by Crippen LogP contribution is -2.38. The maximum Gasteiger partial charge on any atom is 0.191 e. The monoisotopic (exact) mass is 402 g/mol. The van der Waals surface area contributed by atoms with Crippen LogP contribution in [-0.2, 0) is 11.3 Å². The number of nitrogens with zero attached hydrogens (tertiary/aromatic N) is 2. The second-order valence-electron chi connectivity index (χ2n) is 7.25. The van der Waals surface area contributed by atoms with Crippen LogP contribution in [0.4, 0.5) is 0 Å². The Bertz CT molecular complexity index is 782. The summed E-state index contributed by atoms with van der Waals surface area (Å²) >= 11 is 0. The topological polar surface area (TPSA) is 80.9 Å². The molecule has 1 aromatic carbocycles. The van der Waals surface area contributed by atoms with E-state index >= 15 is 0 Å². The van der Waals surface area contributed by atoms with E-state index in [1.54, 1.807) is 14.2 Å². The van der Waals surface area contributed by atoms with Gasteiger partial charge in [0.05, 0.1) is 12.3 Å². The van der Waals surface area contributed by atoms with Gasteiger partial charge in [0.15, 0.2) is 5.96 Å². The fourth-order valence-electron chi connectivity index (χ4n) is 3.27. The summed E-state index contributed by atoms with van der Waals surface area (Å²) < 4.78 is 16.3. The second-order valence-corrected chi connectivity index (χ2v) is 7.25. The van der Waals surface area contributed by atoms with Crippen molar-refractivity contribution in [2.24, 2.45) is 4.99 Å². The Morgan fingerprint density at radius 2 is 2.00 bits per heavy atom. The van der Waals surface area contributed by atoms with E-state index in [0.29, 0.717) is 19.8 Å². The van der Waals surface area contributed by atoms with Crippen molar-refractivity contribution in [3.63, 3.8) is 0 Å². The van der Waals surface area contributed by atoms with Gasteiger partial charge in [-0.05, 0) is 32.4 Å². The SMILES string of the molecule is CN=C(NCc1ccc(C)cc1OCCCOC)NCC(C)c1c(C)noc1C. The minimum absolute atomic E-state index is 0.263. The standard InChI is InChI=1S/C22H34N4O3/c1-15-8-9-19(20(12-15)28-11-7-10-27-6)14-25-22(23-5)24-13-16(2)21-17(3)26-29-18(21)4/h8-9,12,16H,7,10-11,13-14H2,1-6H3,(H2,23,24,25). The number of aryl methyl sites for hydroxylation is 3. The molecule has 0 fully saturated rings. The molecular formula is C22H34N4O3. The molecule has 1 atom stereocenters. The van der Waals surface area contributed by atoms with Crippen molar-refractivity contribution in [1.29, 1.82) is 0 Å². The molecule has 0 aliphatic carbocycles. The van der Waals surface area contributed by atoms with Crippen LogP contribution in [0.2, 0.25) is 0 Å². The zero-order chi connectivity index (χ0) is 21.2. The van der Waals surface area contributed by atoms with Gasteiger partial charge < -0.3 is 24.6 Å². The van der Waals surface area contributed by atoms with Gasteiger partial charge in [-0.25, -0.2) is 0 Å². The first-order valence-corrected chi connectivity index (χ1v) is 10.0. The molecule has 2 aromatic rings. The van der Waals surface area contributed by atoms with Gasteiger partial charge in [0.25, 0.3) is 0 Å². The van der Waals surface area contributed by atoms with Gasteiger partial charge >= 0.3 is 0 Å². The highest BCUT2D eigenvalue weighted by molar-refractivity contribution is 5.79. The Kier molecular flexibility index (Phi) is 8.99. The molecule has 0 saturated carbocycles. The summed E-state index contributed by atoms with van der Waals surface area (Å²) in [7, 11) is 3.47. The van der Waals surface area contributed by atoms with E-state index in [-0.39, 0.29) is 5.92 Å². The van der Waals surface area contributed by atoms with Crippen molar-refractivity contribution < 1.29 is 14.0 Å². The molecule has 0 aliphatic heterocycles. The Morgan fingerprint density at radius 1 is 1.21 bits per heavy atom. The van der Waals surface area contributed by atoms with Crippen LogP contribution in [0, 0.1) is 20.8 Å². The Balaban J connectivity index is 1.92. The van der Waals surface area contributed by atoms with Crippen molar-refractivity contribution in [3.8, 4) is 5.75 Å². The van der Waals surface area contributed by atoms with E-state index in [2.05, 4.69) is 52.8 Å². The van der Waals surface area contributed by atoms with Crippen molar-refractivity contribution in [1.82, 2.24) is 15.8 Å². The maximum absolute atomic E-state index is 5.96. The first-order chi connectivity index (χ1) is 14.0. The second kappa shape index (κ2) is 11.5. The van der Waals surface area contributed by atoms with E-state index in [0.717, 1.165) is 47.3 Å². The summed E-state index contributed by atoms with van der Waals surface area (Å²) in [6.45, 7) is 10.8. The molecule has 29 heavy (non-hydrogen) atoms. The number of nitrogens with one attached hydrogen (secondary N) is 2. The largest absolute Gasteiger partial charge is 0.493 e. The zero-order valence-corrected chi connectivity index (χ0v) is 18.5. The molecule has 7 heteroatoms. The van der Waals surface area contributed by atoms with Crippen LogP contribution < -0.4 is 15.4 Å². The van der Waals surface area contributed by atoms with Gasteiger partial charge in [-0.15, -0.1) is 0 Å². The van der Waals surface area contributed by atoms with Gasteiger partial charge in [0.2, 0.25) is 0 Å². The van der Waals surface area contributed by atoms with Crippen molar-refractivity contribution in [2.45, 2.75) is 46.6 Å². The van der Waals surface area contributed by atoms with Crippen LogP contribution in [0.5, 0.6) is 5.75 Å². The summed E-state index contributed by atoms with van der Waals surface area (Å²) in [5, 5.41) is 10.8. The quantitative estimate of drug-likeness (QED) is 0.360. The van der Waals surface area contributed by atoms with Crippen LogP contribution in [0.15, 0.2) is 27.7 Å². The summed E-state index contributed by atoms with van der Waals surface area (Å²) in [6.07, 6.45) is 0.861. The van der Waals surface area contributed by atoms with Gasteiger partial charge in [0.1, 0.15) is 11.5 Å². The Labute approximate surface area is 173 Å². The van der Waals surface area contributed by atoms with Crippen LogP contribution in [0.25, 0.3) is 0 Å². The van der Waals surface area contributed by atoms with Crippen molar-refractivity contribution in [2.75, 3.05) is 33.9 Å². The number of ether oxygens (including phenoxy) is 2. The number of methoxy groups -OCH3 is 1. The normalized spacial score (nSPS) is 12.7. The number of aliphatic imine (C=N–C) groups is 1. The predicted octanol–water partition coefficient (Wildman–Crippen LogP) is 3.48. The maximum atomic E-state index is 5.96. The first kappa shape index (κ1) is 22.7. The van der Waals surface area contributed by atoms with Crippen LogP contribution in [-0.4, -0.2) is 45.0 Å². The molecule has 0 aliphatic rings. The van der Waals surface area contributed by atoms with E-state index in [9.17, 15) is 0 Å². The summed E-state index contributed by atoms with van der Waals surface area (Å²) in [5.74, 6) is 2.77. The average Bonchev–Trinajstić information content (AvgIpc) is 3.04. The Morgan fingerprint density at radius 3 is 2.66 bits per heavy atom. The molecule has 0 spiro atoms. The molecule has 2 N–H and O–H groups in total. The molecule has 2 rings (SSSR count). The van der Waals surface area contributed by atoms with Gasteiger partial charge in [-0.3, -0.25) is 4.99 Å². The fraction of sp³-hybridized carbons (Fsp3) is 0.545. The highest BCUT2D eigenvalue weighted by Gasteiger charge is 2.16. The van der Waals surface area contributed by atoms with Gasteiger partial charge in [0, 0.05) is 57.3 Å². The lowest BCUT2D eigenvalue weighted by atomic mass is 10.00. The molecule has 0 radical (unpaired) electrons. The predicted molar refractivity (Wildman–Crippen MR) is 116 cm³/mol. The Hall–Kier alpha value is -2.54. The molecule has 0 saturated heterocycles. The fourth-order valence-corrected chi connectivity index (χ4v) is 3.27. The molecule has 0 amide bonds. The third-order valence-electron chi connectivity index (χ3n) is 4.80. The third kappa shape index (κ3) is 6.78. The number of rotatable bonds is 10. The lowest BCUT2D eigenvalue weighted by molar-refractivity contribution is 0.171. The molecule has 160 valence electrons. The lowest BCUT2D eigenvalue weighted by Gasteiger charge is -2.17. The summed E-state index contributed by atoms with van der Waals surface area (Å²) in [4.78, 5) is 4.33. The number of guanidine groups is 1. The third-order valence-corrected chi connectivity index (χ3v) is 4.80. The van der Waals surface area contributed by atoms with Crippen molar-refractivity contribution in [3.05, 3.63) is 46.3 Å². The highest BCUT2D eigenvalue weighted by Crippen LogP contribution is 2.22. The molecule has 1 heterocycles. The minimum Gasteiger partial charge on any atom is -0.493 e. The molecule has 7 nitrogen and oxygen atoms in total. The smallest absolute Gasteiger partial charge is 0.191 e. The first-order valence-electron chi connectivity index (χ1n) is 10.0. The molecular weight excluding hydrogens is 368 g/mol. The molecule has 1 aromatic heterocycles. The van der Waals surface area contributed by atoms with Gasteiger partial charge in [-0.2, -0.15) is 0 Å². The van der Waals surface area contributed by atoms with E-state index in [1.807, 2.05) is 13.8 Å². The van der Waals surface area contributed by atoms with Crippen LogP contribution >= 0.6 is 0 Å². The number of hydrogen-bond acceptors (Lipinski definition) is 5. The van der Waals surface area contributed by atoms with E-state index in [1.165, 1.54) is 5.56 Å². The van der Waals surface area contributed by atoms with Crippen LogP contribution in [0.1, 0.15) is 47.4 Å². The number of aromatic nitrogens is 1. The highest BCUT2D eigenvalue weighted by atomic mass is 16.5. The van der Waals surface area contributed by atoms with E-state index in [4.69, 9.17) is 14.0 Å². The van der Waals surface area contributed by atoms with Gasteiger partial charge in [-0.1, -0.05) is 24.2 Å². The van der Waals surface area contributed by atoms with E-state index < -0.39 is 0 Å². The molecule has 1 unspecified atom stereocenters. The number of benzene rings is 1.